The van der Waals surface area contributed by atoms with Crippen LogP contribution in [0.4, 0.5) is 0 Å². The number of allylic oxidation sites excluding steroid dienone is 2. The second-order valence-electron chi connectivity index (χ2n) is 7.56. The van der Waals surface area contributed by atoms with Crippen molar-refractivity contribution in [2.24, 2.45) is 17.3 Å². The van der Waals surface area contributed by atoms with E-state index in [9.17, 15) is 9.59 Å². The minimum absolute atomic E-state index is 0.139. The summed E-state index contributed by atoms with van der Waals surface area (Å²) >= 11 is 0. The third-order valence-corrected chi connectivity index (χ3v) is 6.06. The highest BCUT2D eigenvalue weighted by Gasteiger charge is 2.44. The molecule has 0 aliphatic heterocycles. The Morgan fingerprint density at radius 2 is 2.08 bits per heavy atom. The molecule has 1 saturated carbocycles. The first-order chi connectivity index (χ1) is 11.8. The number of ether oxygens (including phenoxy) is 2. The Kier molecular flexibility index (Phi) is 6.26. The van der Waals surface area contributed by atoms with Gasteiger partial charge in [0.1, 0.15) is 6.61 Å². The fourth-order valence-corrected chi connectivity index (χ4v) is 4.15. The van der Waals surface area contributed by atoms with Gasteiger partial charge in [-0.15, -0.1) is 0 Å². The summed E-state index contributed by atoms with van der Waals surface area (Å²) in [6.07, 6.45) is 9.03. The van der Waals surface area contributed by atoms with Crippen molar-refractivity contribution in [1.82, 2.24) is 0 Å². The monoisotopic (exact) mass is 346 g/mol. The molecule has 4 nitrogen and oxygen atoms in total. The van der Waals surface area contributed by atoms with Gasteiger partial charge in [0, 0.05) is 11.1 Å². The van der Waals surface area contributed by atoms with Gasteiger partial charge in [-0.25, -0.2) is 9.59 Å². The van der Waals surface area contributed by atoms with E-state index < -0.39 is 0 Å². The van der Waals surface area contributed by atoms with Crippen molar-refractivity contribution < 1.29 is 19.1 Å². The summed E-state index contributed by atoms with van der Waals surface area (Å²) in [5.41, 5.74) is 2.59. The van der Waals surface area contributed by atoms with E-state index in [-0.39, 0.29) is 23.3 Å². The van der Waals surface area contributed by atoms with Crippen LogP contribution in [-0.4, -0.2) is 25.7 Å². The summed E-state index contributed by atoms with van der Waals surface area (Å²) in [5.74, 6) is -0.118. The van der Waals surface area contributed by atoms with Crippen LogP contribution in [0.5, 0.6) is 0 Å². The molecule has 2 aliphatic carbocycles. The van der Waals surface area contributed by atoms with Gasteiger partial charge in [-0.2, -0.15) is 0 Å². The lowest BCUT2D eigenvalue weighted by Crippen LogP contribution is -2.39. The molecule has 0 aromatic carbocycles. The molecule has 0 amide bonds. The van der Waals surface area contributed by atoms with Crippen LogP contribution in [0.2, 0.25) is 0 Å². The molecule has 0 heterocycles. The molecule has 25 heavy (non-hydrogen) atoms. The Labute approximate surface area is 151 Å². The van der Waals surface area contributed by atoms with Crippen molar-refractivity contribution in [2.45, 2.75) is 52.9 Å². The fourth-order valence-electron chi connectivity index (χ4n) is 4.15. The van der Waals surface area contributed by atoms with E-state index >= 15 is 0 Å². The van der Waals surface area contributed by atoms with Crippen molar-refractivity contribution in [3.8, 4) is 0 Å². The highest BCUT2D eigenvalue weighted by atomic mass is 16.5. The second-order valence-corrected chi connectivity index (χ2v) is 7.56. The summed E-state index contributed by atoms with van der Waals surface area (Å²) < 4.78 is 10.3. The summed E-state index contributed by atoms with van der Waals surface area (Å²) in [6, 6.07) is 0. The minimum atomic E-state index is -0.315. The number of carbonyl (C=O) groups excluding carboxylic acids is 2. The topological polar surface area (TPSA) is 52.6 Å². The van der Waals surface area contributed by atoms with Crippen LogP contribution in [0.25, 0.3) is 0 Å². The van der Waals surface area contributed by atoms with E-state index in [1.165, 1.54) is 12.7 Å². The number of methoxy groups -OCH3 is 1. The third kappa shape index (κ3) is 4.23. The van der Waals surface area contributed by atoms with Gasteiger partial charge in [-0.05, 0) is 68.8 Å². The Bertz CT molecular complexity index is 613. The molecule has 0 unspecified atom stereocenters. The first kappa shape index (κ1) is 19.5. The van der Waals surface area contributed by atoms with Crippen LogP contribution in [0.15, 0.2) is 35.5 Å². The Morgan fingerprint density at radius 1 is 1.36 bits per heavy atom. The highest BCUT2D eigenvalue weighted by Crippen LogP contribution is 2.53. The smallest absolute Gasteiger partial charge is 0.333 e. The molecule has 138 valence electrons. The van der Waals surface area contributed by atoms with Crippen molar-refractivity contribution in [2.75, 3.05) is 13.7 Å². The molecule has 1 fully saturated rings. The number of carbonyl (C=O) groups is 2. The van der Waals surface area contributed by atoms with Crippen molar-refractivity contribution in [3.63, 3.8) is 0 Å². The van der Waals surface area contributed by atoms with Crippen LogP contribution >= 0.6 is 0 Å². The quantitative estimate of drug-likeness (QED) is 0.421. The maximum absolute atomic E-state index is 12.0. The lowest BCUT2D eigenvalue weighted by atomic mass is 9.57. The Morgan fingerprint density at radius 3 is 2.72 bits per heavy atom. The molecule has 0 radical (unpaired) electrons. The van der Waals surface area contributed by atoms with Gasteiger partial charge in [0.15, 0.2) is 0 Å². The van der Waals surface area contributed by atoms with Gasteiger partial charge in [0.2, 0.25) is 0 Å². The van der Waals surface area contributed by atoms with E-state index in [0.29, 0.717) is 23.7 Å². The van der Waals surface area contributed by atoms with Gasteiger partial charge in [0.05, 0.1) is 7.11 Å². The molecule has 2 aliphatic rings. The number of hydrogen-bond acceptors (Lipinski definition) is 4. The number of hydrogen-bond donors (Lipinski definition) is 0. The maximum Gasteiger partial charge on any atom is 0.333 e. The highest BCUT2D eigenvalue weighted by molar-refractivity contribution is 5.88. The van der Waals surface area contributed by atoms with Gasteiger partial charge in [0.25, 0.3) is 0 Å². The molecule has 0 bridgehead atoms. The zero-order valence-corrected chi connectivity index (χ0v) is 15.9. The molecule has 0 aromatic heterocycles. The normalized spacial score (nSPS) is 29.3. The largest absolute Gasteiger partial charge is 0.466 e. The predicted molar refractivity (Wildman–Crippen MR) is 97.8 cm³/mol. The van der Waals surface area contributed by atoms with Gasteiger partial charge < -0.3 is 9.47 Å². The first-order valence-corrected chi connectivity index (χ1v) is 9.08. The SMILES string of the molecule is C=C(C(=O)OC)[C@@H]1CC[C@@]2(C)CCC=C(COC(=O)/C(C)=C/C)[C@@H]2C1. The predicted octanol–water partition coefficient (Wildman–Crippen LogP) is 4.37. The van der Waals surface area contributed by atoms with Crippen LogP contribution in [0.3, 0.4) is 0 Å². The molecule has 0 spiro atoms. The molecular formula is C21H30O4. The number of esters is 2. The minimum Gasteiger partial charge on any atom is -0.466 e. The van der Waals surface area contributed by atoms with E-state index in [1.807, 2.05) is 6.92 Å². The van der Waals surface area contributed by atoms with E-state index in [2.05, 4.69) is 19.6 Å². The summed E-state index contributed by atoms with van der Waals surface area (Å²) in [6.45, 7) is 10.2. The molecule has 0 aromatic rings. The fraction of sp³-hybridized carbons (Fsp3) is 0.619. The van der Waals surface area contributed by atoms with Crippen LogP contribution in [-0.2, 0) is 19.1 Å². The molecule has 0 saturated heterocycles. The Hall–Kier alpha value is -1.84. The first-order valence-electron chi connectivity index (χ1n) is 9.08. The molecule has 2 rings (SSSR count). The zero-order valence-electron chi connectivity index (χ0n) is 15.9. The zero-order chi connectivity index (χ0) is 18.6. The molecule has 0 N–H and O–H groups in total. The van der Waals surface area contributed by atoms with Crippen molar-refractivity contribution >= 4 is 11.9 Å². The third-order valence-electron chi connectivity index (χ3n) is 6.06. The molecule has 3 atom stereocenters. The maximum atomic E-state index is 12.0. The number of rotatable bonds is 5. The summed E-state index contributed by atoms with van der Waals surface area (Å²) in [5, 5.41) is 0. The van der Waals surface area contributed by atoms with Crippen LogP contribution in [0.1, 0.15) is 52.9 Å². The average molecular weight is 346 g/mol. The number of fused-ring (bicyclic) bond motifs is 1. The van der Waals surface area contributed by atoms with E-state index in [4.69, 9.17) is 9.47 Å². The standard InChI is InChI=1S/C21H30O4/c1-6-14(2)19(22)25-13-17-8-7-10-21(4)11-9-16(12-18(17)21)15(3)20(23)24-5/h6,8,16,18H,3,7,9-13H2,1-2,4-5H3/b14-6+/t16-,18+,21-/m1/s1. The van der Waals surface area contributed by atoms with Crippen LogP contribution < -0.4 is 0 Å². The van der Waals surface area contributed by atoms with Crippen molar-refractivity contribution in [1.29, 1.82) is 0 Å². The van der Waals surface area contributed by atoms with Crippen molar-refractivity contribution in [3.05, 3.63) is 35.5 Å². The lowest BCUT2D eigenvalue weighted by molar-refractivity contribution is -0.138. The molecule has 4 heteroatoms. The van der Waals surface area contributed by atoms with E-state index in [1.54, 1.807) is 13.0 Å². The second kappa shape index (κ2) is 8.03. The Balaban J connectivity index is 2.11. The van der Waals surface area contributed by atoms with Crippen LogP contribution in [0, 0.1) is 17.3 Å². The molecular weight excluding hydrogens is 316 g/mol. The van der Waals surface area contributed by atoms with E-state index in [0.717, 1.165) is 32.1 Å². The lowest BCUT2D eigenvalue weighted by Gasteiger charge is -2.48. The van der Waals surface area contributed by atoms with Gasteiger partial charge in [-0.3, -0.25) is 0 Å². The van der Waals surface area contributed by atoms with Gasteiger partial charge >= 0.3 is 11.9 Å². The summed E-state index contributed by atoms with van der Waals surface area (Å²) in [4.78, 5) is 23.8. The van der Waals surface area contributed by atoms with Gasteiger partial charge in [-0.1, -0.05) is 25.7 Å². The summed E-state index contributed by atoms with van der Waals surface area (Å²) in [7, 11) is 1.40. The average Bonchev–Trinajstić information content (AvgIpc) is 2.63.